The average Bonchev–Trinajstić information content (AvgIpc) is 2.75. The second-order valence-electron chi connectivity index (χ2n) is 4.40. The van der Waals surface area contributed by atoms with Gasteiger partial charge in [0.1, 0.15) is 5.69 Å². The Morgan fingerprint density at radius 1 is 1.29 bits per heavy atom. The van der Waals surface area contributed by atoms with Crippen LogP contribution < -0.4 is 5.32 Å². The molecule has 1 aromatic heterocycles. The molecule has 0 aliphatic rings. The molecule has 90 valence electrons. The Morgan fingerprint density at radius 2 is 2.06 bits per heavy atom. The number of rotatable bonds is 4. The molecule has 17 heavy (non-hydrogen) atoms. The number of hydrogen-bond donors (Lipinski definition) is 1. The van der Waals surface area contributed by atoms with Crippen LogP contribution in [0.2, 0.25) is 0 Å². The van der Waals surface area contributed by atoms with Crippen molar-refractivity contribution >= 4 is 11.5 Å². The van der Waals surface area contributed by atoms with Crippen LogP contribution in [0.5, 0.6) is 0 Å². The number of nitrogens with one attached hydrogen (secondary N) is 1. The molecule has 0 spiro atoms. The summed E-state index contributed by atoms with van der Waals surface area (Å²) in [6.45, 7) is 7.22. The van der Waals surface area contributed by atoms with Crippen molar-refractivity contribution < 1.29 is 0 Å². The Labute approximate surface area is 106 Å². The molecule has 0 atom stereocenters. The zero-order valence-electron chi connectivity index (χ0n) is 10.4. The Bertz CT molecular complexity index is 491. The van der Waals surface area contributed by atoms with E-state index >= 15 is 0 Å². The summed E-state index contributed by atoms with van der Waals surface area (Å²) in [6, 6.07) is 8.77. The van der Waals surface area contributed by atoms with Gasteiger partial charge in [-0.05, 0) is 24.0 Å². The molecule has 0 radical (unpaired) electrons. The minimum absolute atomic E-state index is 0.474. The van der Waals surface area contributed by atoms with E-state index in [1.807, 2.05) is 12.1 Å². The average molecular weight is 247 g/mol. The molecule has 1 N–H and O–H groups in total. The third-order valence-corrected chi connectivity index (χ3v) is 3.35. The second kappa shape index (κ2) is 5.38. The van der Waals surface area contributed by atoms with Crippen molar-refractivity contribution in [2.24, 2.45) is 0 Å². The molecule has 0 saturated heterocycles. The fourth-order valence-corrected chi connectivity index (χ4v) is 2.27. The topological polar surface area (TPSA) is 37.8 Å². The standard InChI is InChI=1S/C13H17N3S/c1-9(2)14-8-12-13(15-16-17-12)11-7-5-4-6-10(11)3/h4-7,9,14H,8H2,1-3H3. The van der Waals surface area contributed by atoms with Crippen molar-refractivity contribution in [1.29, 1.82) is 0 Å². The lowest BCUT2D eigenvalue weighted by molar-refractivity contribution is 0.593. The summed E-state index contributed by atoms with van der Waals surface area (Å²) in [5.41, 5.74) is 3.44. The van der Waals surface area contributed by atoms with E-state index in [9.17, 15) is 0 Å². The van der Waals surface area contributed by atoms with Gasteiger partial charge in [0.25, 0.3) is 0 Å². The van der Waals surface area contributed by atoms with Gasteiger partial charge in [-0.2, -0.15) is 0 Å². The van der Waals surface area contributed by atoms with Gasteiger partial charge < -0.3 is 5.32 Å². The normalized spacial score (nSPS) is 11.1. The van der Waals surface area contributed by atoms with Crippen molar-refractivity contribution in [3.8, 4) is 11.3 Å². The minimum Gasteiger partial charge on any atom is -0.310 e. The maximum absolute atomic E-state index is 4.25. The van der Waals surface area contributed by atoms with Gasteiger partial charge in [0.2, 0.25) is 0 Å². The predicted molar refractivity (Wildman–Crippen MR) is 72.1 cm³/mol. The molecule has 1 aromatic carbocycles. The third-order valence-electron chi connectivity index (χ3n) is 2.63. The van der Waals surface area contributed by atoms with E-state index in [0.717, 1.165) is 12.2 Å². The van der Waals surface area contributed by atoms with Gasteiger partial charge in [-0.1, -0.05) is 42.6 Å². The van der Waals surface area contributed by atoms with E-state index in [-0.39, 0.29) is 0 Å². The summed E-state index contributed by atoms with van der Waals surface area (Å²) in [4.78, 5) is 1.20. The maximum Gasteiger partial charge on any atom is 0.110 e. The highest BCUT2D eigenvalue weighted by Crippen LogP contribution is 2.26. The van der Waals surface area contributed by atoms with Crippen LogP contribution in [0.15, 0.2) is 24.3 Å². The summed E-state index contributed by atoms with van der Waals surface area (Å²) < 4.78 is 4.07. The van der Waals surface area contributed by atoms with Crippen LogP contribution in [0.4, 0.5) is 0 Å². The third kappa shape index (κ3) is 2.90. The lowest BCUT2D eigenvalue weighted by atomic mass is 10.1. The molecule has 0 aliphatic heterocycles. The first-order chi connectivity index (χ1) is 8.18. The largest absolute Gasteiger partial charge is 0.310 e. The molecule has 0 fully saturated rings. The molecule has 0 aliphatic carbocycles. The first-order valence-corrected chi connectivity index (χ1v) is 6.56. The first kappa shape index (κ1) is 12.2. The van der Waals surface area contributed by atoms with Crippen LogP contribution in [0.1, 0.15) is 24.3 Å². The highest BCUT2D eigenvalue weighted by atomic mass is 32.1. The van der Waals surface area contributed by atoms with Gasteiger partial charge in [0.05, 0.1) is 4.88 Å². The zero-order chi connectivity index (χ0) is 12.3. The van der Waals surface area contributed by atoms with Crippen LogP contribution in [0.3, 0.4) is 0 Å². The molecular weight excluding hydrogens is 230 g/mol. The summed E-state index contributed by atoms with van der Waals surface area (Å²) in [7, 11) is 0. The maximum atomic E-state index is 4.25. The first-order valence-electron chi connectivity index (χ1n) is 5.79. The molecule has 2 rings (SSSR count). The van der Waals surface area contributed by atoms with Crippen LogP contribution in [0.25, 0.3) is 11.3 Å². The Balaban J connectivity index is 2.28. The summed E-state index contributed by atoms with van der Waals surface area (Å²) >= 11 is 1.47. The van der Waals surface area contributed by atoms with E-state index in [0.29, 0.717) is 6.04 Å². The van der Waals surface area contributed by atoms with Gasteiger partial charge in [-0.25, -0.2) is 0 Å². The van der Waals surface area contributed by atoms with Crippen molar-refractivity contribution in [3.05, 3.63) is 34.7 Å². The minimum atomic E-state index is 0.474. The molecule has 0 bridgehead atoms. The van der Waals surface area contributed by atoms with E-state index in [4.69, 9.17) is 0 Å². The highest BCUT2D eigenvalue weighted by molar-refractivity contribution is 7.05. The number of benzene rings is 1. The van der Waals surface area contributed by atoms with Gasteiger partial charge in [0, 0.05) is 18.2 Å². The van der Waals surface area contributed by atoms with Gasteiger partial charge in [0.15, 0.2) is 0 Å². The van der Waals surface area contributed by atoms with Crippen LogP contribution >= 0.6 is 11.5 Å². The summed E-state index contributed by atoms with van der Waals surface area (Å²) in [6.07, 6.45) is 0. The Hall–Kier alpha value is -1.26. The van der Waals surface area contributed by atoms with Crippen molar-refractivity contribution in [2.45, 2.75) is 33.4 Å². The fraction of sp³-hybridized carbons (Fsp3) is 0.385. The summed E-state index contributed by atoms with van der Waals surface area (Å²) in [5.74, 6) is 0. The van der Waals surface area contributed by atoms with Crippen molar-refractivity contribution in [2.75, 3.05) is 0 Å². The molecule has 1 heterocycles. The highest BCUT2D eigenvalue weighted by Gasteiger charge is 2.11. The van der Waals surface area contributed by atoms with E-state index in [2.05, 4.69) is 47.8 Å². The molecule has 2 aromatic rings. The van der Waals surface area contributed by atoms with Crippen LogP contribution in [0, 0.1) is 6.92 Å². The van der Waals surface area contributed by atoms with Crippen molar-refractivity contribution in [3.63, 3.8) is 0 Å². The second-order valence-corrected chi connectivity index (χ2v) is 5.23. The molecule has 0 saturated carbocycles. The smallest absolute Gasteiger partial charge is 0.110 e. The van der Waals surface area contributed by atoms with E-state index in [1.165, 1.54) is 27.5 Å². The molecule has 4 heteroatoms. The summed E-state index contributed by atoms with van der Waals surface area (Å²) in [5, 5.41) is 7.66. The quantitative estimate of drug-likeness (QED) is 0.902. The van der Waals surface area contributed by atoms with Gasteiger partial charge in [-0.15, -0.1) is 5.10 Å². The Morgan fingerprint density at radius 3 is 2.76 bits per heavy atom. The lowest BCUT2D eigenvalue weighted by Gasteiger charge is -2.08. The monoisotopic (exact) mass is 247 g/mol. The number of aromatic nitrogens is 2. The fourth-order valence-electron chi connectivity index (χ4n) is 1.67. The zero-order valence-corrected chi connectivity index (χ0v) is 11.2. The number of aryl methyl sites for hydroxylation is 1. The molecular formula is C13H17N3S. The van der Waals surface area contributed by atoms with Gasteiger partial charge in [-0.3, -0.25) is 0 Å². The lowest BCUT2D eigenvalue weighted by Crippen LogP contribution is -2.21. The molecule has 3 nitrogen and oxygen atoms in total. The van der Waals surface area contributed by atoms with E-state index < -0.39 is 0 Å². The molecule has 0 unspecified atom stereocenters. The van der Waals surface area contributed by atoms with Crippen LogP contribution in [-0.2, 0) is 6.54 Å². The number of hydrogen-bond acceptors (Lipinski definition) is 4. The van der Waals surface area contributed by atoms with Crippen molar-refractivity contribution in [1.82, 2.24) is 14.9 Å². The number of nitrogens with zero attached hydrogens (tertiary/aromatic N) is 2. The van der Waals surface area contributed by atoms with E-state index in [1.54, 1.807) is 0 Å². The Kier molecular flexibility index (Phi) is 3.86. The molecule has 0 amide bonds. The predicted octanol–water partition coefficient (Wildman–Crippen LogP) is 3.01. The SMILES string of the molecule is Cc1ccccc1-c1nnsc1CNC(C)C. The van der Waals surface area contributed by atoms with Crippen LogP contribution in [-0.4, -0.2) is 15.6 Å². The van der Waals surface area contributed by atoms with Gasteiger partial charge >= 0.3 is 0 Å².